The van der Waals surface area contributed by atoms with Gasteiger partial charge in [-0.05, 0) is 43.7 Å². The summed E-state index contributed by atoms with van der Waals surface area (Å²) in [6.45, 7) is 3.91. The zero-order chi connectivity index (χ0) is 17.2. The molecule has 2 aromatic rings. The number of thioether (sulfide) groups is 1. The van der Waals surface area contributed by atoms with Crippen LogP contribution in [0.15, 0.2) is 41.5 Å². The summed E-state index contributed by atoms with van der Waals surface area (Å²) in [7, 11) is 1.81. The molecule has 0 unspecified atom stereocenters. The molecule has 2 N–H and O–H groups in total. The van der Waals surface area contributed by atoms with Gasteiger partial charge in [0.05, 0.1) is 11.4 Å². The Kier molecular flexibility index (Phi) is 7.68. The van der Waals surface area contributed by atoms with Crippen LogP contribution in [0.3, 0.4) is 0 Å². The molecule has 0 atom stereocenters. The Balaban J connectivity index is 1.79. The van der Waals surface area contributed by atoms with Gasteiger partial charge in [0.2, 0.25) is 0 Å². The third-order valence-electron chi connectivity index (χ3n) is 3.76. The van der Waals surface area contributed by atoms with Crippen molar-refractivity contribution in [2.75, 3.05) is 32.1 Å². The molecule has 0 amide bonds. The summed E-state index contributed by atoms with van der Waals surface area (Å²) < 4.78 is 1.96. The maximum atomic E-state index is 4.62. The third kappa shape index (κ3) is 5.60. The highest BCUT2D eigenvalue weighted by molar-refractivity contribution is 7.98. The van der Waals surface area contributed by atoms with E-state index < -0.39 is 0 Å². The Morgan fingerprint density at radius 2 is 1.96 bits per heavy atom. The summed E-state index contributed by atoms with van der Waals surface area (Å²) in [6.07, 6.45) is 6.30. The number of hydrogen-bond acceptors (Lipinski definition) is 3. The standard InChI is InChI=1S/C18H27N5S/c1-15-16(14-23(22-15)17-9-5-4-6-10-17)8-7-11-20-18(19-2)21-12-13-24-3/h4-6,9-10,14H,7-8,11-13H2,1-3H3,(H2,19,20,21). The minimum Gasteiger partial charge on any atom is -0.356 e. The highest BCUT2D eigenvalue weighted by Gasteiger charge is 2.06. The number of nitrogens with zero attached hydrogens (tertiary/aromatic N) is 3. The van der Waals surface area contributed by atoms with E-state index in [-0.39, 0.29) is 0 Å². The highest BCUT2D eigenvalue weighted by atomic mass is 32.2. The molecule has 0 spiro atoms. The summed E-state index contributed by atoms with van der Waals surface area (Å²) >= 11 is 1.83. The highest BCUT2D eigenvalue weighted by Crippen LogP contribution is 2.13. The van der Waals surface area contributed by atoms with Crippen LogP contribution >= 0.6 is 11.8 Å². The molecule has 0 fully saturated rings. The molecule has 0 aliphatic carbocycles. The van der Waals surface area contributed by atoms with Gasteiger partial charge in [0.1, 0.15) is 0 Å². The quantitative estimate of drug-likeness (QED) is 0.439. The average Bonchev–Trinajstić information content (AvgIpc) is 2.99. The zero-order valence-corrected chi connectivity index (χ0v) is 15.6. The van der Waals surface area contributed by atoms with Crippen LogP contribution in [-0.4, -0.2) is 47.9 Å². The summed E-state index contributed by atoms with van der Waals surface area (Å²) in [5.41, 5.74) is 3.50. The lowest BCUT2D eigenvalue weighted by Gasteiger charge is -2.11. The van der Waals surface area contributed by atoms with Gasteiger partial charge in [-0.2, -0.15) is 16.9 Å². The van der Waals surface area contributed by atoms with E-state index in [1.165, 1.54) is 5.56 Å². The molecule has 1 heterocycles. The molecule has 1 aromatic heterocycles. The Bertz CT molecular complexity index is 636. The molecule has 0 aliphatic heterocycles. The van der Waals surface area contributed by atoms with E-state index in [1.807, 2.05) is 41.7 Å². The van der Waals surface area contributed by atoms with Gasteiger partial charge in [0.25, 0.3) is 0 Å². The first-order valence-corrected chi connectivity index (χ1v) is 9.68. The van der Waals surface area contributed by atoms with Crippen LogP contribution in [0.25, 0.3) is 5.69 Å². The third-order valence-corrected chi connectivity index (χ3v) is 4.37. The van der Waals surface area contributed by atoms with Crippen molar-refractivity contribution in [1.29, 1.82) is 0 Å². The van der Waals surface area contributed by atoms with Crippen molar-refractivity contribution in [2.45, 2.75) is 19.8 Å². The number of aromatic nitrogens is 2. The number of guanidine groups is 1. The van der Waals surface area contributed by atoms with E-state index in [2.05, 4.69) is 52.2 Å². The fourth-order valence-corrected chi connectivity index (χ4v) is 2.74. The van der Waals surface area contributed by atoms with Gasteiger partial charge in [-0.1, -0.05) is 18.2 Å². The number of benzene rings is 1. The smallest absolute Gasteiger partial charge is 0.191 e. The summed E-state index contributed by atoms with van der Waals surface area (Å²) in [5, 5.41) is 11.3. The molecule has 0 saturated heterocycles. The first-order valence-electron chi connectivity index (χ1n) is 8.28. The van der Waals surface area contributed by atoms with Crippen LogP contribution in [0.4, 0.5) is 0 Å². The molecule has 0 aliphatic rings. The number of aryl methyl sites for hydroxylation is 2. The van der Waals surface area contributed by atoms with Gasteiger partial charge in [0, 0.05) is 32.1 Å². The number of para-hydroxylation sites is 1. The lowest BCUT2D eigenvalue weighted by Crippen LogP contribution is -2.38. The largest absolute Gasteiger partial charge is 0.356 e. The molecular formula is C18H27N5S. The SMILES string of the molecule is CN=C(NCCCc1cn(-c2ccccc2)nc1C)NCCSC. The van der Waals surface area contributed by atoms with E-state index in [4.69, 9.17) is 0 Å². The van der Waals surface area contributed by atoms with Crippen LogP contribution in [0, 0.1) is 6.92 Å². The van der Waals surface area contributed by atoms with Crippen molar-refractivity contribution in [3.8, 4) is 5.69 Å². The van der Waals surface area contributed by atoms with E-state index in [9.17, 15) is 0 Å². The molecular weight excluding hydrogens is 318 g/mol. The second kappa shape index (κ2) is 10.0. The Morgan fingerprint density at radius 1 is 1.21 bits per heavy atom. The molecule has 24 heavy (non-hydrogen) atoms. The van der Waals surface area contributed by atoms with Crippen LogP contribution in [0.2, 0.25) is 0 Å². The molecule has 6 heteroatoms. The Labute approximate surface area is 148 Å². The van der Waals surface area contributed by atoms with Gasteiger partial charge in [-0.3, -0.25) is 4.99 Å². The molecule has 2 rings (SSSR count). The predicted octanol–water partition coefficient (Wildman–Crippen LogP) is 2.64. The molecule has 130 valence electrons. The van der Waals surface area contributed by atoms with Crippen molar-refractivity contribution in [1.82, 2.24) is 20.4 Å². The Hall–Kier alpha value is -1.95. The minimum absolute atomic E-state index is 0.876. The van der Waals surface area contributed by atoms with E-state index >= 15 is 0 Å². The molecule has 0 bridgehead atoms. The van der Waals surface area contributed by atoms with E-state index in [0.29, 0.717) is 0 Å². The number of nitrogens with one attached hydrogen (secondary N) is 2. The summed E-state index contributed by atoms with van der Waals surface area (Å²) in [5.74, 6) is 1.96. The lowest BCUT2D eigenvalue weighted by molar-refractivity contribution is 0.747. The van der Waals surface area contributed by atoms with Gasteiger partial charge in [0.15, 0.2) is 5.96 Å². The maximum absolute atomic E-state index is 4.62. The van der Waals surface area contributed by atoms with Crippen molar-refractivity contribution < 1.29 is 0 Å². The topological polar surface area (TPSA) is 54.2 Å². The van der Waals surface area contributed by atoms with Crippen molar-refractivity contribution in [2.24, 2.45) is 4.99 Å². The molecule has 5 nitrogen and oxygen atoms in total. The normalized spacial score (nSPS) is 11.5. The average molecular weight is 346 g/mol. The van der Waals surface area contributed by atoms with E-state index in [0.717, 1.165) is 49.0 Å². The number of aliphatic imine (C=N–C) groups is 1. The van der Waals surface area contributed by atoms with Gasteiger partial charge in [-0.25, -0.2) is 4.68 Å². The molecule has 0 saturated carbocycles. The Morgan fingerprint density at radius 3 is 2.67 bits per heavy atom. The van der Waals surface area contributed by atoms with Crippen LogP contribution < -0.4 is 10.6 Å². The second-order valence-corrected chi connectivity index (χ2v) is 6.53. The fraction of sp³-hybridized carbons (Fsp3) is 0.444. The minimum atomic E-state index is 0.876. The van der Waals surface area contributed by atoms with E-state index in [1.54, 1.807) is 0 Å². The first kappa shape index (κ1) is 18.4. The van der Waals surface area contributed by atoms with Gasteiger partial charge in [-0.15, -0.1) is 0 Å². The van der Waals surface area contributed by atoms with Crippen molar-refractivity contribution >= 4 is 17.7 Å². The van der Waals surface area contributed by atoms with Gasteiger partial charge < -0.3 is 10.6 Å². The zero-order valence-electron chi connectivity index (χ0n) is 14.7. The van der Waals surface area contributed by atoms with Crippen LogP contribution in [0.5, 0.6) is 0 Å². The number of rotatable bonds is 8. The lowest BCUT2D eigenvalue weighted by atomic mass is 10.1. The van der Waals surface area contributed by atoms with Crippen molar-refractivity contribution in [3.63, 3.8) is 0 Å². The first-order chi connectivity index (χ1) is 11.7. The van der Waals surface area contributed by atoms with Crippen LogP contribution in [-0.2, 0) is 6.42 Å². The van der Waals surface area contributed by atoms with Gasteiger partial charge >= 0.3 is 0 Å². The predicted molar refractivity (Wildman–Crippen MR) is 104 cm³/mol. The number of hydrogen-bond donors (Lipinski definition) is 2. The molecule has 0 radical (unpaired) electrons. The molecule has 1 aromatic carbocycles. The van der Waals surface area contributed by atoms with Crippen molar-refractivity contribution in [3.05, 3.63) is 47.8 Å². The second-order valence-electron chi connectivity index (χ2n) is 5.54. The summed E-state index contributed by atoms with van der Waals surface area (Å²) in [4.78, 5) is 4.23. The fourth-order valence-electron chi connectivity index (χ4n) is 2.43. The van der Waals surface area contributed by atoms with Crippen LogP contribution in [0.1, 0.15) is 17.7 Å². The maximum Gasteiger partial charge on any atom is 0.191 e. The summed E-state index contributed by atoms with van der Waals surface area (Å²) in [6, 6.07) is 10.2. The monoisotopic (exact) mass is 345 g/mol.